The van der Waals surface area contributed by atoms with Crippen molar-refractivity contribution in [2.45, 2.75) is 36.6 Å². The third-order valence-corrected chi connectivity index (χ3v) is 5.79. The molecule has 3 rings (SSSR count). The summed E-state index contributed by atoms with van der Waals surface area (Å²) in [5, 5.41) is 3.35. The third kappa shape index (κ3) is 2.28. The molecule has 0 radical (unpaired) electrons. The summed E-state index contributed by atoms with van der Waals surface area (Å²) in [5.74, 6) is 0. The summed E-state index contributed by atoms with van der Waals surface area (Å²) >= 11 is 0. The van der Waals surface area contributed by atoms with E-state index in [-0.39, 0.29) is 0 Å². The van der Waals surface area contributed by atoms with Crippen molar-refractivity contribution in [2.75, 3.05) is 12.3 Å². The zero-order chi connectivity index (χ0) is 13.5. The second-order valence-electron chi connectivity index (χ2n) is 5.27. The van der Waals surface area contributed by atoms with E-state index in [1.165, 1.54) is 12.8 Å². The van der Waals surface area contributed by atoms with Gasteiger partial charge in [-0.25, -0.2) is 8.42 Å². The predicted octanol–water partition coefficient (Wildman–Crippen LogP) is 1.93. The van der Waals surface area contributed by atoms with Gasteiger partial charge in [0.15, 0.2) is 0 Å². The van der Waals surface area contributed by atoms with E-state index in [1.54, 1.807) is 24.3 Å². The molecule has 1 heterocycles. The summed E-state index contributed by atoms with van der Waals surface area (Å²) < 4.78 is 24.8. The SMILES string of the molecule is Nc1ccc2c(c1)S(=O)(=O)C(CNC1CCCC1)=C2. The average Bonchev–Trinajstić information content (AvgIpc) is 2.95. The lowest BCUT2D eigenvalue weighted by Gasteiger charge is -2.12. The van der Waals surface area contributed by atoms with Crippen LogP contribution in [0.3, 0.4) is 0 Å². The van der Waals surface area contributed by atoms with Crippen LogP contribution >= 0.6 is 0 Å². The van der Waals surface area contributed by atoms with Crippen LogP contribution in [0.2, 0.25) is 0 Å². The molecule has 1 saturated carbocycles. The lowest BCUT2D eigenvalue weighted by atomic mass is 10.2. The van der Waals surface area contributed by atoms with Gasteiger partial charge in [-0.1, -0.05) is 18.9 Å². The number of sulfone groups is 1. The molecular formula is C14H18N2O2S. The van der Waals surface area contributed by atoms with Crippen LogP contribution in [0.5, 0.6) is 0 Å². The highest BCUT2D eigenvalue weighted by molar-refractivity contribution is 7.95. The smallest absolute Gasteiger partial charge is 0.204 e. The molecule has 5 heteroatoms. The van der Waals surface area contributed by atoms with Gasteiger partial charge in [-0.2, -0.15) is 0 Å². The molecule has 1 aromatic rings. The molecule has 0 bridgehead atoms. The van der Waals surface area contributed by atoms with Gasteiger partial charge in [0.2, 0.25) is 9.84 Å². The van der Waals surface area contributed by atoms with Gasteiger partial charge in [0.1, 0.15) is 0 Å². The normalized spacial score (nSPS) is 21.4. The van der Waals surface area contributed by atoms with Gasteiger partial charge in [-0.05, 0) is 36.6 Å². The zero-order valence-corrected chi connectivity index (χ0v) is 11.5. The number of hydrogen-bond donors (Lipinski definition) is 2. The first-order chi connectivity index (χ1) is 9.07. The van der Waals surface area contributed by atoms with E-state index in [2.05, 4.69) is 5.32 Å². The van der Waals surface area contributed by atoms with Crippen LogP contribution in [0.25, 0.3) is 6.08 Å². The van der Waals surface area contributed by atoms with E-state index in [4.69, 9.17) is 5.73 Å². The Bertz CT molecular complexity index is 629. The maximum atomic E-state index is 12.4. The molecule has 1 fully saturated rings. The van der Waals surface area contributed by atoms with Crippen molar-refractivity contribution in [3.05, 3.63) is 28.7 Å². The first kappa shape index (κ1) is 12.7. The lowest BCUT2D eigenvalue weighted by molar-refractivity contribution is 0.550. The Morgan fingerprint density at radius 3 is 2.74 bits per heavy atom. The third-order valence-electron chi connectivity index (χ3n) is 3.91. The molecule has 3 N–H and O–H groups in total. The van der Waals surface area contributed by atoms with Crippen LogP contribution in [0.1, 0.15) is 31.2 Å². The van der Waals surface area contributed by atoms with Gasteiger partial charge >= 0.3 is 0 Å². The van der Waals surface area contributed by atoms with Gasteiger partial charge in [0.05, 0.1) is 9.80 Å². The van der Waals surface area contributed by atoms with Crippen molar-refractivity contribution in [3.63, 3.8) is 0 Å². The van der Waals surface area contributed by atoms with Crippen LogP contribution in [0.15, 0.2) is 28.0 Å². The number of rotatable bonds is 3. The molecule has 0 spiro atoms. The summed E-state index contributed by atoms with van der Waals surface area (Å²) in [4.78, 5) is 0.802. The molecular weight excluding hydrogens is 260 g/mol. The minimum Gasteiger partial charge on any atom is -0.399 e. The Labute approximate surface area is 113 Å². The summed E-state index contributed by atoms with van der Waals surface area (Å²) in [5.41, 5.74) is 6.90. The van der Waals surface area contributed by atoms with E-state index in [9.17, 15) is 8.42 Å². The molecule has 19 heavy (non-hydrogen) atoms. The van der Waals surface area contributed by atoms with Gasteiger partial charge < -0.3 is 11.1 Å². The fourth-order valence-electron chi connectivity index (χ4n) is 2.82. The van der Waals surface area contributed by atoms with Crippen molar-refractivity contribution in [1.29, 1.82) is 0 Å². The average molecular weight is 278 g/mol. The predicted molar refractivity (Wildman–Crippen MR) is 76.3 cm³/mol. The number of anilines is 1. The molecule has 1 aliphatic heterocycles. The minimum absolute atomic E-state index is 0.343. The molecule has 1 aromatic carbocycles. The first-order valence-corrected chi connectivity index (χ1v) is 8.14. The zero-order valence-electron chi connectivity index (χ0n) is 10.7. The lowest BCUT2D eigenvalue weighted by Crippen LogP contribution is -2.29. The summed E-state index contributed by atoms with van der Waals surface area (Å²) in [7, 11) is -3.34. The highest BCUT2D eigenvalue weighted by Gasteiger charge is 2.30. The van der Waals surface area contributed by atoms with Crippen molar-refractivity contribution in [2.24, 2.45) is 0 Å². The van der Waals surface area contributed by atoms with Gasteiger partial charge in [-0.3, -0.25) is 0 Å². The number of fused-ring (bicyclic) bond motifs is 1. The second-order valence-corrected chi connectivity index (χ2v) is 7.24. The second kappa shape index (κ2) is 4.65. The largest absolute Gasteiger partial charge is 0.399 e. The number of nitrogens with one attached hydrogen (secondary N) is 1. The highest BCUT2D eigenvalue weighted by Crippen LogP contribution is 2.33. The molecule has 0 atom stereocenters. The van der Waals surface area contributed by atoms with Gasteiger partial charge in [0.25, 0.3) is 0 Å². The molecule has 0 aromatic heterocycles. The summed E-state index contributed by atoms with van der Waals surface area (Å²) in [6.45, 7) is 0.418. The Morgan fingerprint density at radius 2 is 2.00 bits per heavy atom. The number of benzene rings is 1. The van der Waals surface area contributed by atoms with Crippen molar-refractivity contribution in [3.8, 4) is 0 Å². The Balaban J connectivity index is 1.81. The van der Waals surface area contributed by atoms with E-state index < -0.39 is 9.84 Å². The number of hydrogen-bond acceptors (Lipinski definition) is 4. The topological polar surface area (TPSA) is 72.2 Å². The van der Waals surface area contributed by atoms with Crippen molar-refractivity contribution >= 4 is 21.6 Å². The first-order valence-electron chi connectivity index (χ1n) is 6.66. The molecule has 4 nitrogen and oxygen atoms in total. The Hall–Kier alpha value is -1.33. The fourth-order valence-corrected chi connectivity index (χ4v) is 4.38. The van der Waals surface area contributed by atoms with E-state index in [0.29, 0.717) is 28.1 Å². The van der Waals surface area contributed by atoms with Crippen LogP contribution in [-0.4, -0.2) is 21.0 Å². The summed E-state index contributed by atoms with van der Waals surface area (Å²) in [6.07, 6.45) is 6.52. The Kier molecular flexibility index (Phi) is 3.11. The molecule has 0 amide bonds. The molecule has 2 aliphatic rings. The van der Waals surface area contributed by atoms with Gasteiger partial charge in [0, 0.05) is 18.3 Å². The molecule has 1 aliphatic carbocycles. The standard InChI is InChI=1S/C14H18N2O2S/c15-11-6-5-10-7-13(19(17,18)14(10)8-11)9-16-12-3-1-2-4-12/h5-8,12,16H,1-4,9,15H2. The summed E-state index contributed by atoms with van der Waals surface area (Å²) in [6, 6.07) is 5.51. The quantitative estimate of drug-likeness (QED) is 0.829. The van der Waals surface area contributed by atoms with Crippen molar-refractivity contribution < 1.29 is 8.42 Å². The van der Waals surface area contributed by atoms with Gasteiger partial charge in [-0.15, -0.1) is 0 Å². The molecule has 0 saturated heterocycles. The highest BCUT2D eigenvalue weighted by atomic mass is 32.2. The molecule has 102 valence electrons. The maximum absolute atomic E-state index is 12.4. The van der Waals surface area contributed by atoms with E-state index >= 15 is 0 Å². The van der Waals surface area contributed by atoms with Crippen LogP contribution < -0.4 is 11.1 Å². The van der Waals surface area contributed by atoms with Crippen LogP contribution in [0.4, 0.5) is 5.69 Å². The number of nitrogen functional groups attached to an aromatic ring is 1. The Morgan fingerprint density at radius 1 is 1.26 bits per heavy atom. The van der Waals surface area contributed by atoms with Crippen LogP contribution in [-0.2, 0) is 9.84 Å². The monoisotopic (exact) mass is 278 g/mol. The van der Waals surface area contributed by atoms with Crippen molar-refractivity contribution in [1.82, 2.24) is 5.32 Å². The van der Waals surface area contributed by atoms with Crippen LogP contribution in [0, 0.1) is 0 Å². The fraction of sp³-hybridized carbons (Fsp3) is 0.429. The minimum atomic E-state index is -3.34. The van der Waals surface area contributed by atoms with E-state index in [0.717, 1.165) is 18.4 Å². The number of nitrogens with two attached hydrogens (primary N) is 1. The van der Waals surface area contributed by atoms with E-state index in [1.807, 2.05) is 0 Å². The molecule has 0 unspecified atom stereocenters. The maximum Gasteiger partial charge on any atom is 0.204 e.